The Bertz CT molecular complexity index is 744. The number of nitrogens with zero attached hydrogens (tertiary/aromatic N) is 4. The van der Waals surface area contributed by atoms with Crippen molar-refractivity contribution in [1.82, 2.24) is 24.4 Å². The highest BCUT2D eigenvalue weighted by Gasteiger charge is 2.25. The molecule has 2 aromatic heterocycles. The van der Waals surface area contributed by atoms with Crippen molar-refractivity contribution in [2.24, 2.45) is 0 Å². The molecule has 1 atom stereocenters. The summed E-state index contributed by atoms with van der Waals surface area (Å²) in [6, 6.07) is 8.10. The SMILES string of the molecule is CS(=O)(=O)NCC[C@@H]1CN(Cc2ccccn2)Cc2ccnn21. The monoisotopic (exact) mass is 335 g/mol. The Morgan fingerprint density at radius 3 is 2.91 bits per heavy atom. The minimum absolute atomic E-state index is 0.159. The van der Waals surface area contributed by atoms with Crippen molar-refractivity contribution >= 4 is 10.0 Å². The van der Waals surface area contributed by atoms with Gasteiger partial charge in [0.2, 0.25) is 10.0 Å². The number of nitrogens with one attached hydrogen (secondary N) is 1. The summed E-state index contributed by atoms with van der Waals surface area (Å²) in [7, 11) is -3.15. The number of sulfonamides is 1. The van der Waals surface area contributed by atoms with Crippen LogP contribution in [-0.2, 0) is 23.1 Å². The van der Waals surface area contributed by atoms with E-state index in [4.69, 9.17) is 0 Å². The molecule has 0 spiro atoms. The number of fused-ring (bicyclic) bond motifs is 1. The quantitative estimate of drug-likeness (QED) is 0.844. The van der Waals surface area contributed by atoms with Gasteiger partial charge in [-0.15, -0.1) is 0 Å². The molecule has 0 amide bonds. The molecule has 0 saturated heterocycles. The summed E-state index contributed by atoms with van der Waals surface area (Å²) in [4.78, 5) is 6.70. The van der Waals surface area contributed by atoms with E-state index in [1.54, 1.807) is 12.4 Å². The summed E-state index contributed by atoms with van der Waals surface area (Å²) in [5.41, 5.74) is 2.19. The van der Waals surface area contributed by atoms with E-state index in [1.807, 2.05) is 28.9 Å². The van der Waals surface area contributed by atoms with E-state index in [2.05, 4.69) is 19.7 Å². The van der Waals surface area contributed by atoms with Crippen LogP contribution in [0.1, 0.15) is 23.9 Å². The zero-order valence-corrected chi connectivity index (χ0v) is 13.9. The Kier molecular flexibility index (Phi) is 4.74. The standard InChI is InChI=1S/C15H21N5O2S/c1-23(21,22)18-9-6-15-12-19(10-13-4-2-3-7-16-13)11-14-5-8-17-20(14)15/h2-5,7-8,15,18H,6,9-12H2,1H3/t15-/m1/s1. The molecule has 1 aliphatic rings. The van der Waals surface area contributed by atoms with Crippen molar-refractivity contribution in [1.29, 1.82) is 0 Å². The average molecular weight is 335 g/mol. The van der Waals surface area contributed by atoms with Crippen molar-refractivity contribution in [2.75, 3.05) is 19.3 Å². The van der Waals surface area contributed by atoms with E-state index in [0.29, 0.717) is 13.0 Å². The average Bonchev–Trinajstić information content (AvgIpc) is 2.95. The molecule has 1 N–H and O–H groups in total. The van der Waals surface area contributed by atoms with Gasteiger partial charge in [0.15, 0.2) is 0 Å². The Morgan fingerprint density at radius 2 is 2.17 bits per heavy atom. The van der Waals surface area contributed by atoms with Gasteiger partial charge in [-0.2, -0.15) is 5.10 Å². The molecule has 124 valence electrons. The first kappa shape index (κ1) is 16.1. The second-order valence-electron chi connectivity index (χ2n) is 5.87. The van der Waals surface area contributed by atoms with Gasteiger partial charge in [-0.3, -0.25) is 14.6 Å². The topological polar surface area (TPSA) is 80.1 Å². The first-order valence-corrected chi connectivity index (χ1v) is 9.50. The summed E-state index contributed by atoms with van der Waals surface area (Å²) in [6.45, 7) is 2.85. The molecule has 0 aromatic carbocycles. The molecule has 3 rings (SSSR count). The zero-order valence-electron chi connectivity index (χ0n) is 13.1. The lowest BCUT2D eigenvalue weighted by Gasteiger charge is -2.33. The fraction of sp³-hybridized carbons (Fsp3) is 0.467. The highest BCUT2D eigenvalue weighted by Crippen LogP contribution is 2.23. The molecule has 0 radical (unpaired) electrons. The molecule has 7 nitrogen and oxygen atoms in total. The molecular weight excluding hydrogens is 314 g/mol. The summed E-state index contributed by atoms with van der Waals surface area (Å²) in [5.74, 6) is 0. The van der Waals surface area contributed by atoms with E-state index < -0.39 is 10.0 Å². The first-order chi connectivity index (χ1) is 11.0. The first-order valence-electron chi connectivity index (χ1n) is 7.60. The van der Waals surface area contributed by atoms with E-state index in [9.17, 15) is 8.42 Å². The number of rotatable bonds is 6. The van der Waals surface area contributed by atoms with Crippen LogP contribution < -0.4 is 4.72 Å². The van der Waals surface area contributed by atoms with Gasteiger partial charge in [0.1, 0.15) is 0 Å². The summed E-state index contributed by atoms with van der Waals surface area (Å²) < 4.78 is 27.0. The third-order valence-electron chi connectivity index (χ3n) is 3.91. The zero-order chi connectivity index (χ0) is 16.3. The van der Waals surface area contributed by atoms with Crippen LogP contribution in [0.3, 0.4) is 0 Å². The Labute approximate surface area is 136 Å². The third-order valence-corrected chi connectivity index (χ3v) is 4.63. The Hall–Kier alpha value is -1.77. The summed E-state index contributed by atoms with van der Waals surface area (Å²) in [6.07, 6.45) is 5.49. The molecule has 0 fully saturated rings. The van der Waals surface area contributed by atoms with Crippen LogP contribution in [0.4, 0.5) is 0 Å². The molecule has 3 heterocycles. The van der Waals surface area contributed by atoms with Crippen LogP contribution in [0.2, 0.25) is 0 Å². The number of pyridine rings is 1. The second-order valence-corrected chi connectivity index (χ2v) is 7.70. The smallest absolute Gasteiger partial charge is 0.208 e. The Morgan fingerprint density at radius 1 is 1.30 bits per heavy atom. The molecule has 0 unspecified atom stereocenters. The highest BCUT2D eigenvalue weighted by molar-refractivity contribution is 7.88. The maximum atomic E-state index is 11.2. The lowest BCUT2D eigenvalue weighted by Crippen LogP contribution is -2.39. The third kappa shape index (κ3) is 4.37. The molecule has 0 aliphatic carbocycles. The number of hydrogen-bond acceptors (Lipinski definition) is 5. The van der Waals surface area contributed by atoms with Gasteiger partial charge in [0.25, 0.3) is 0 Å². The van der Waals surface area contributed by atoms with Crippen LogP contribution in [-0.4, -0.2) is 47.4 Å². The molecule has 2 aromatic rings. The van der Waals surface area contributed by atoms with Gasteiger partial charge in [0.05, 0.1) is 23.7 Å². The molecule has 0 bridgehead atoms. The maximum Gasteiger partial charge on any atom is 0.208 e. The van der Waals surface area contributed by atoms with Crippen molar-refractivity contribution in [2.45, 2.75) is 25.6 Å². The van der Waals surface area contributed by atoms with Gasteiger partial charge in [-0.1, -0.05) is 6.07 Å². The maximum absolute atomic E-state index is 11.2. The van der Waals surface area contributed by atoms with Crippen molar-refractivity contribution in [3.8, 4) is 0 Å². The van der Waals surface area contributed by atoms with Crippen LogP contribution in [0.5, 0.6) is 0 Å². The highest BCUT2D eigenvalue weighted by atomic mass is 32.2. The van der Waals surface area contributed by atoms with Crippen molar-refractivity contribution in [3.63, 3.8) is 0 Å². The molecule has 23 heavy (non-hydrogen) atoms. The van der Waals surface area contributed by atoms with Gasteiger partial charge >= 0.3 is 0 Å². The van der Waals surface area contributed by atoms with Crippen molar-refractivity contribution < 1.29 is 8.42 Å². The number of hydrogen-bond donors (Lipinski definition) is 1. The minimum atomic E-state index is -3.15. The fourth-order valence-corrected chi connectivity index (χ4v) is 3.42. The van der Waals surface area contributed by atoms with Gasteiger partial charge in [0, 0.05) is 38.6 Å². The molecular formula is C15H21N5O2S. The number of aromatic nitrogens is 3. The van der Waals surface area contributed by atoms with Crippen LogP contribution in [0.25, 0.3) is 0 Å². The van der Waals surface area contributed by atoms with Crippen LogP contribution in [0, 0.1) is 0 Å². The predicted molar refractivity (Wildman–Crippen MR) is 87.1 cm³/mol. The minimum Gasteiger partial charge on any atom is -0.290 e. The lowest BCUT2D eigenvalue weighted by atomic mass is 10.1. The van der Waals surface area contributed by atoms with E-state index in [0.717, 1.165) is 31.0 Å². The van der Waals surface area contributed by atoms with Crippen molar-refractivity contribution in [3.05, 3.63) is 48.0 Å². The Balaban J connectivity index is 1.67. The van der Waals surface area contributed by atoms with E-state index in [-0.39, 0.29) is 6.04 Å². The largest absolute Gasteiger partial charge is 0.290 e. The van der Waals surface area contributed by atoms with Gasteiger partial charge in [-0.05, 0) is 24.6 Å². The second kappa shape index (κ2) is 6.77. The molecule has 0 saturated carbocycles. The van der Waals surface area contributed by atoms with Crippen LogP contribution in [0.15, 0.2) is 36.7 Å². The van der Waals surface area contributed by atoms with E-state index in [1.165, 1.54) is 6.26 Å². The molecule has 1 aliphatic heterocycles. The lowest BCUT2D eigenvalue weighted by molar-refractivity contribution is 0.160. The van der Waals surface area contributed by atoms with E-state index >= 15 is 0 Å². The molecule has 8 heteroatoms. The summed E-state index contributed by atoms with van der Waals surface area (Å²) in [5, 5.41) is 4.39. The normalized spacial score (nSPS) is 18.7. The summed E-state index contributed by atoms with van der Waals surface area (Å²) >= 11 is 0. The fourth-order valence-electron chi connectivity index (χ4n) is 2.93. The predicted octanol–water partition coefficient (Wildman–Crippen LogP) is 0.774. The van der Waals surface area contributed by atoms with Gasteiger partial charge in [-0.25, -0.2) is 13.1 Å². The van der Waals surface area contributed by atoms with Crippen LogP contribution >= 0.6 is 0 Å². The van der Waals surface area contributed by atoms with Gasteiger partial charge < -0.3 is 0 Å².